The Labute approximate surface area is 85.0 Å². The van der Waals surface area contributed by atoms with Crippen molar-refractivity contribution >= 4 is 22.6 Å². The molecule has 1 aromatic carbocycles. The van der Waals surface area contributed by atoms with Gasteiger partial charge in [0.15, 0.2) is 0 Å². The van der Waals surface area contributed by atoms with Gasteiger partial charge in [0.25, 0.3) is 0 Å². The molecule has 64 valence electrons. The highest BCUT2D eigenvalue weighted by molar-refractivity contribution is 14.1. The molecule has 0 spiro atoms. The van der Waals surface area contributed by atoms with Crippen LogP contribution in [0, 0.1) is 3.57 Å². The molecule has 0 N–H and O–H groups in total. The van der Waals surface area contributed by atoms with Crippen molar-refractivity contribution in [2.45, 2.75) is 6.10 Å². The summed E-state index contributed by atoms with van der Waals surface area (Å²) in [6.07, 6.45) is 0.336. The maximum Gasteiger partial charge on any atom is 0.120 e. The van der Waals surface area contributed by atoms with E-state index in [-0.39, 0.29) is 0 Å². The smallest absolute Gasteiger partial charge is 0.120 e. The maximum atomic E-state index is 5.48. The number of ether oxygens (including phenoxy) is 2. The third-order valence-electron chi connectivity index (χ3n) is 1.63. The summed E-state index contributed by atoms with van der Waals surface area (Å²) in [5.74, 6) is 0.928. The first-order chi connectivity index (χ1) is 5.84. The first kappa shape index (κ1) is 8.31. The molecule has 0 radical (unpaired) electrons. The van der Waals surface area contributed by atoms with E-state index in [4.69, 9.17) is 9.47 Å². The lowest BCUT2D eigenvalue weighted by Gasteiger charge is -2.03. The first-order valence-electron chi connectivity index (χ1n) is 3.84. The molecule has 1 aromatic rings. The number of epoxide rings is 1. The molecule has 0 amide bonds. The zero-order valence-electron chi connectivity index (χ0n) is 6.50. The number of hydrogen-bond acceptors (Lipinski definition) is 2. The summed E-state index contributed by atoms with van der Waals surface area (Å²) >= 11 is 2.27. The Bertz CT molecular complexity index is 271. The molecule has 1 aliphatic heterocycles. The highest BCUT2D eigenvalue weighted by atomic mass is 127. The van der Waals surface area contributed by atoms with E-state index in [1.54, 1.807) is 0 Å². The van der Waals surface area contributed by atoms with Gasteiger partial charge < -0.3 is 9.47 Å². The van der Waals surface area contributed by atoms with E-state index in [0.29, 0.717) is 12.7 Å². The highest BCUT2D eigenvalue weighted by Gasteiger charge is 2.22. The second-order valence-electron chi connectivity index (χ2n) is 2.72. The van der Waals surface area contributed by atoms with Crippen molar-refractivity contribution in [2.75, 3.05) is 13.2 Å². The van der Waals surface area contributed by atoms with Crippen LogP contribution in [0.5, 0.6) is 5.75 Å². The van der Waals surface area contributed by atoms with Crippen molar-refractivity contribution in [3.8, 4) is 5.75 Å². The number of halogens is 1. The van der Waals surface area contributed by atoms with Crippen LogP contribution in [-0.4, -0.2) is 19.3 Å². The Morgan fingerprint density at radius 1 is 1.58 bits per heavy atom. The van der Waals surface area contributed by atoms with Crippen LogP contribution in [-0.2, 0) is 4.74 Å². The van der Waals surface area contributed by atoms with Crippen LogP contribution in [0.3, 0.4) is 0 Å². The lowest BCUT2D eigenvalue weighted by Crippen LogP contribution is -2.03. The fourth-order valence-electron chi connectivity index (χ4n) is 0.910. The van der Waals surface area contributed by atoms with Gasteiger partial charge in [0.2, 0.25) is 0 Å². The Balaban J connectivity index is 1.92. The second-order valence-corrected chi connectivity index (χ2v) is 3.97. The average molecular weight is 276 g/mol. The third kappa shape index (κ3) is 2.35. The van der Waals surface area contributed by atoms with Crippen LogP contribution >= 0.6 is 22.6 Å². The number of hydrogen-bond donors (Lipinski definition) is 0. The topological polar surface area (TPSA) is 21.8 Å². The molecule has 1 heterocycles. The van der Waals surface area contributed by atoms with Gasteiger partial charge in [-0.3, -0.25) is 0 Å². The Morgan fingerprint density at radius 2 is 2.42 bits per heavy atom. The molecular formula is C9H9IO2. The van der Waals surface area contributed by atoms with Crippen molar-refractivity contribution < 1.29 is 9.47 Å². The molecule has 2 nitrogen and oxygen atoms in total. The van der Waals surface area contributed by atoms with Gasteiger partial charge in [-0.1, -0.05) is 6.07 Å². The van der Waals surface area contributed by atoms with E-state index in [2.05, 4.69) is 22.6 Å². The van der Waals surface area contributed by atoms with Gasteiger partial charge >= 0.3 is 0 Å². The monoisotopic (exact) mass is 276 g/mol. The highest BCUT2D eigenvalue weighted by Crippen LogP contribution is 2.17. The SMILES string of the molecule is Ic1cccc(OCC2CO2)c1. The van der Waals surface area contributed by atoms with Crippen LogP contribution < -0.4 is 4.74 Å². The molecule has 0 aliphatic carbocycles. The molecule has 1 unspecified atom stereocenters. The minimum atomic E-state index is 0.336. The Kier molecular flexibility index (Phi) is 2.51. The number of benzene rings is 1. The summed E-state index contributed by atoms with van der Waals surface area (Å²) in [4.78, 5) is 0. The molecular weight excluding hydrogens is 267 g/mol. The largest absolute Gasteiger partial charge is 0.491 e. The van der Waals surface area contributed by atoms with Gasteiger partial charge in [0.05, 0.1) is 6.61 Å². The summed E-state index contributed by atoms with van der Waals surface area (Å²) in [7, 11) is 0. The molecule has 1 aliphatic rings. The average Bonchev–Trinajstić information content (AvgIpc) is 2.84. The molecule has 0 aromatic heterocycles. The first-order valence-corrected chi connectivity index (χ1v) is 4.92. The second kappa shape index (κ2) is 3.62. The molecule has 0 saturated carbocycles. The zero-order chi connectivity index (χ0) is 8.39. The van der Waals surface area contributed by atoms with Crippen LogP contribution in [0.2, 0.25) is 0 Å². The zero-order valence-corrected chi connectivity index (χ0v) is 8.65. The van der Waals surface area contributed by atoms with E-state index in [0.717, 1.165) is 12.4 Å². The van der Waals surface area contributed by atoms with Crippen molar-refractivity contribution in [1.82, 2.24) is 0 Å². The molecule has 2 rings (SSSR count). The van der Waals surface area contributed by atoms with Crippen LogP contribution in [0.1, 0.15) is 0 Å². The van der Waals surface area contributed by atoms with Gasteiger partial charge in [-0.05, 0) is 40.8 Å². The van der Waals surface area contributed by atoms with Crippen LogP contribution in [0.4, 0.5) is 0 Å². The predicted octanol–water partition coefficient (Wildman–Crippen LogP) is 2.07. The van der Waals surface area contributed by atoms with Gasteiger partial charge in [-0.25, -0.2) is 0 Å². The third-order valence-corrected chi connectivity index (χ3v) is 2.31. The fourth-order valence-corrected chi connectivity index (χ4v) is 1.42. The lowest BCUT2D eigenvalue weighted by atomic mass is 10.3. The minimum absolute atomic E-state index is 0.336. The molecule has 0 bridgehead atoms. The van der Waals surface area contributed by atoms with Gasteiger partial charge in [-0.2, -0.15) is 0 Å². The predicted molar refractivity (Wildman–Crippen MR) is 54.4 cm³/mol. The van der Waals surface area contributed by atoms with Crippen molar-refractivity contribution in [3.63, 3.8) is 0 Å². The van der Waals surface area contributed by atoms with Gasteiger partial charge in [0.1, 0.15) is 18.5 Å². The van der Waals surface area contributed by atoms with Crippen molar-refractivity contribution in [2.24, 2.45) is 0 Å². The number of rotatable bonds is 3. The van der Waals surface area contributed by atoms with E-state index in [1.807, 2.05) is 24.3 Å². The quantitative estimate of drug-likeness (QED) is 0.622. The molecule has 1 fully saturated rings. The Morgan fingerprint density at radius 3 is 3.08 bits per heavy atom. The molecule has 1 atom stereocenters. The molecule has 1 saturated heterocycles. The summed E-state index contributed by atoms with van der Waals surface area (Å²) in [5, 5.41) is 0. The van der Waals surface area contributed by atoms with E-state index < -0.39 is 0 Å². The fraction of sp³-hybridized carbons (Fsp3) is 0.333. The van der Waals surface area contributed by atoms with Crippen LogP contribution in [0.15, 0.2) is 24.3 Å². The molecule has 3 heteroatoms. The minimum Gasteiger partial charge on any atom is -0.491 e. The van der Waals surface area contributed by atoms with E-state index in [1.165, 1.54) is 3.57 Å². The van der Waals surface area contributed by atoms with Crippen molar-refractivity contribution in [1.29, 1.82) is 0 Å². The van der Waals surface area contributed by atoms with Crippen LogP contribution in [0.25, 0.3) is 0 Å². The van der Waals surface area contributed by atoms with Crippen molar-refractivity contribution in [3.05, 3.63) is 27.8 Å². The summed E-state index contributed by atoms with van der Waals surface area (Å²) in [5.41, 5.74) is 0. The Hall–Kier alpha value is -0.290. The normalized spacial score (nSPS) is 20.6. The lowest BCUT2D eigenvalue weighted by molar-refractivity contribution is 0.263. The summed E-state index contributed by atoms with van der Waals surface area (Å²) in [6, 6.07) is 8.01. The van der Waals surface area contributed by atoms with E-state index >= 15 is 0 Å². The summed E-state index contributed by atoms with van der Waals surface area (Å²) in [6.45, 7) is 1.53. The van der Waals surface area contributed by atoms with Gasteiger partial charge in [-0.15, -0.1) is 0 Å². The van der Waals surface area contributed by atoms with Gasteiger partial charge in [0, 0.05) is 3.57 Å². The van der Waals surface area contributed by atoms with E-state index in [9.17, 15) is 0 Å². The maximum absolute atomic E-state index is 5.48. The summed E-state index contributed by atoms with van der Waals surface area (Å²) < 4.78 is 11.7. The molecule has 12 heavy (non-hydrogen) atoms. The standard InChI is InChI=1S/C9H9IO2/c10-7-2-1-3-8(4-7)11-5-9-6-12-9/h1-4,9H,5-6H2.